The average molecular weight is 395 g/mol. The average Bonchev–Trinajstić information content (AvgIpc) is 2.73. The Morgan fingerprint density at radius 3 is 2.69 bits per heavy atom. The van der Waals surface area contributed by atoms with Crippen molar-refractivity contribution in [2.75, 3.05) is 13.2 Å². The highest BCUT2D eigenvalue weighted by Gasteiger charge is 2.43. The number of nitrogens with one attached hydrogen (secondary N) is 1. The molecule has 2 atom stereocenters. The molecule has 2 aliphatic heterocycles. The van der Waals surface area contributed by atoms with Crippen LogP contribution in [0.5, 0.6) is 0 Å². The van der Waals surface area contributed by atoms with E-state index in [9.17, 15) is 14.0 Å². The summed E-state index contributed by atoms with van der Waals surface area (Å²) in [7, 11) is 0. The van der Waals surface area contributed by atoms with Crippen molar-refractivity contribution >= 4 is 17.8 Å². The number of carbonyl (C=O) groups is 2. The molecule has 2 aliphatic rings. The quantitative estimate of drug-likeness (QED) is 0.641. The number of benzene rings is 2. The zero-order chi connectivity index (χ0) is 20.4. The lowest BCUT2D eigenvalue weighted by Gasteiger charge is -2.36. The smallest absolute Gasteiger partial charge is 0.321 e. The molecule has 150 valence electrons. The van der Waals surface area contributed by atoms with Gasteiger partial charge in [0.15, 0.2) is 5.92 Å². The van der Waals surface area contributed by atoms with Crippen LogP contribution in [0, 0.1) is 11.7 Å². The Morgan fingerprint density at radius 1 is 1.21 bits per heavy atom. The maximum Gasteiger partial charge on any atom is 0.321 e. The van der Waals surface area contributed by atoms with Crippen LogP contribution in [0.3, 0.4) is 0 Å². The van der Waals surface area contributed by atoms with Gasteiger partial charge in [-0.05, 0) is 30.5 Å². The van der Waals surface area contributed by atoms with E-state index in [4.69, 9.17) is 4.74 Å². The van der Waals surface area contributed by atoms with Crippen LogP contribution in [0.4, 0.5) is 4.39 Å². The van der Waals surface area contributed by atoms with Crippen molar-refractivity contribution in [3.8, 4) is 0 Å². The molecule has 0 saturated heterocycles. The molecule has 6 nitrogen and oxygen atoms in total. The second-order valence-electron chi connectivity index (χ2n) is 7.08. The van der Waals surface area contributed by atoms with E-state index in [2.05, 4.69) is 16.4 Å². The normalized spacial score (nSPS) is 21.1. The first-order chi connectivity index (χ1) is 14.1. The van der Waals surface area contributed by atoms with Gasteiger partial charge >= 0.3 is 5.97 Å². The zero-order valence-electron chi connectivity index (χ0n) is 16.1. The maximum absolute atomic E-state index is 14.5. The van der Waals surface area contributed by atoms with Crippen LogP contribution in [-0.4, -0.2) is 35.9 Å². The predicted octanol–water partition coefficient (Wildman–Crippen LogP) is 2.59. The second kappa shape index (κ2) is 8.03. The van der Waals surface area contributed by atoms with Crippen molar-refractivity contribution in [3.63, 3.8) is 0 Å². The molecule has 1 amide bonds. The molecule has 2 heterocycles. The number of rotatable bonds is 3. The molecule has 0 aromatic heterocycles. The number of guanidine groups is 1. The molecule has 0 unspecified atom stereocenters. The third-order valence-corrected chi connectivity index (χ3v) is 5.29. The Hall–Kier alpha value is -3.22. The zero-order valence-corrected chi connectivity index (χ0v) is 16.1. The van der Waals surface area contributed by atoms with E-state index in [1.54, 1.807) is 25.1 Å². The predicted molar refractivity (Wildman–Crippen MR) is 105 cm³/mol. The fraction of sp³-hybridized carbons (Fsp3) is 0.318. The van der Waals surface area contributed by atoms with Crippen molar-refractivity contribution in [1.29, 1.82) is 0 Å². The minimum absolute atomic E-state index is 0.131. The number of carbonyl (C=O) groups excluding carboxylic acids is 2. The Labute approximate surface area is 168 Å². The molecule has 1 N–H and O–H groups in total. The van der Waals surface area contributed by atoms with Gasteiger partial charge in [0.2, 0.25) is 11.9 Å². The van der Waals surface area contributed by atoms with Crippen LogP contribution < -0.4 is 5.32 Å². The van der Waals surface area contributed by atoms with Crippen molar-refractivity contribution in [1.82, 2.24) is 10.2 Å². The van der Waals surface area contributed by atoms with Gasteiger partial charge in [0.25, 0.3) is 0 Å². The van der Waals surface area contributed by atoms with Gasteiger partial charge in [-0.1, -0.05) is 42.5 Å². The minimum atomic E-state index is -1.23. The highest BCUT2D eigenvalue weighted by Crippen LogP contribution is 2.33. The number of amides is 1. The molecule has 0 radical (unpaired) electrons. The third-order valence-electron chi connectivity index (χ3n) is 5.29. The summed E-state index contributed by atoms with van der Waals surface area (Å²) in [6.45, 7) is 3.05. The van der Waals surface area contributed by atoms with E-state index in [0.717, 1.165) is 12.0 Å². The Balaban J connectivity index is 1.70. The van der Waals surface area contributed by atoms with E-state index in [1.165, 1.54) is 11.6 Å². The standard InChI is InChI=1S/C22H22FN3O3/c1-2-29-21(28)18-19(16-9-5-6-10-17(16)23)24-22(25-20(18)27)26-12-11-14-7-3-4-8-15(14)13-26/h3-10,18-19H,2,11-13H2,1H3,(H,24,25,27)/t18-,19+/m1/s1. The third kappa shape index (κ3) is 3.72. The number of hydrogen-bond acceptors (Lipinski definition) is 5. The number of hydrogen-bond donors (Lipinski definition) is 1. The lowest BCUT2D eigenvalue weighted by molar-refractivity contribution is -0.153. The van der Waals surface area contributed by atoms with Gasteiger partial charge in [-0.15, -0.1) is 0 Å². The minimum Gasteiger partial charge on any atom is -0.465 e. The summed E-state index contributed by atoms with van der Waals surface area (Å²) in [4.78, 5) is 31.9. The Morgan fingerprint density at radius 2 is 1.93 bits per heavy atom. The van der Waals surface area contributed by atoms with Crippen LogP contribution in [0.15, 0.2) is 53.5 Å². The first-order valence-electron chi connectivity index (χ1n) is 9.70. The molecule has 2 aromatic carbocycles. The summed E-state index contributed by atoms with van der Waals surface area (Å²) in [5.74, 6) is -2.61. The van der Waals surface area contributed by atoms with Crippen molar-refractivity contribution in [2.45, 2.75) is 25.9 Å². The van der Waals surface area contributed by atoms with Crippen LogP contribution in [0.25, 0.3) is 0 Å². The molecule has 29 heavy (non-hydrogen) atoms. The monoisotopic (exact) mass is 395 g/mol. The highest BCUT2D eigenvalue weighted by atomic mass is 19.1. The van der Waals surface area contributed by atoms with Gasteiger partial charge in [0.05, 0.1) is 6.61 Å². The number of esters is 1. The van der Waals surface area contributed by atoms with Gasteiger partial charge in [-0.25, -0.2) is 9.38 Å². The first-order valence-corrected chi connectivity index (χ1v) is 9.70. The maximum atomic E-state index is 14.5. The molecule has 0 saturated carbocycles. The molecule has 0 bridgehead atoms. The summed E-state index contributed by atoms with van der Waals surface area (Å²) < 4.78 is 19.6. The molecule has 0 aliphatic carbocycles. The van der Waals surface area contributed by atoms with E-state index in [-0.39, 0.29) is 12.2 Å². The highest BCUT2D eigenvalue weighted by molar-refractivity contribution is 6.08. The first kappa shape index (κ1) is 19.1. The molecule has 4 rings (SSSR count). The number of fused-ring (bicyclic) bond motifs is 1. The fourth-order valence-electron chi connectivity index (χ4n) is 3.84. The molecule has 2 aromatic rings. The van der Waals surface area contributed by atoms with Gasteiger partial charge in [0.1, 0.15) is 11.9 Å². The van der Waals surface area contributed by atoms with Gasteiger partial charge in [-0.3, -0.25) is 14.9 Å². The van der Waals surface area contributed by atoms with Crippen LogP contribution in [0.1, 0.15) is 29.7 Å². The van der Waals surface area contributed by atoms with E-state index < -0.39 is 29.7 Å². The molecule has 0 fully saturated rings. The largest absolute Gasteiger partial charge is 0.465 e. The topological polar surface area (TPSA) is 71.0 Å². The molecular weight excluding hydrogens is 373 g/mol. The van der Waals surface area contributed by atoms with Crippen molar-refractivity contribution in [3.05, 3.63) is 71.0 Å². The summed E-state index contributed by atoms with van der Waals surface area (Å²) in [5, 5.41) is 2.74. The number of aliphatic imine (C=N–C) groups is 1. The molecule has 7 heteroatoms. The van der Waals surface area contributed by atoms with Crippen LogP contribution in [-0.2, 0) is 27.3 Å². The molecular formula is C22H22FN3O3. The number of ether oxygens (including phenoxy) is 1. The lowest BCUT2D eigenvalue weighted by Crippen LogP contribution is -2.53. The number of nitrogens with zero attached hydrogens (tertiary/aromatic N) is 2. The van der Waals surface area contributed by atoms with E-state index in [1.807, 2.05) is 23.1 Å². The lowest BCUT2D eigenvalue weighted by atomic mass is 9.91. The summed E-state index contributed by atoms with van der Waals surface area (Å²) in [6, 6.07) is 13.2. The summed E-state index contributed by atoms with van der Waals surface area (Å²) >= 11 is 0. The summed E-state index contributed by atoms with van der Waals surface area (Å²) in [6.07, 6.45) is 0.816. The second-order valence-corrected chi connectivity index (χ2v) is 7.08. The SMILES string of the molecule is CCOC(=O)[C@H]1C(=O)NC(N2CCc3ccccc3C2)=N[C@H]1c1ccccc1F. The van der Waals surface area contributed by atoms with Gasteiger partial charge < -0.3 is 9.64 Å². The fourth-order valence-corrected chi connectivity index (χ4v) is 3.84. The van der Waals surface area contributed by atoms with E-state index in [0.29, 0.717) is 19.0 Å². The van der Waals surface area contributed by atoms with Crippen LogP contribution >= 0.6 is 0 Å². The molecule has 0 spiro atoms. The van der Waals surface area contributed by atoms with Crippen molar-refractivity contribution < 1.29 is 18.7 Å². The van der Waals surface area contributed by atoms with Crippen LogP contribution in [0.2, 0.25) is 0 Å². The van der Waals surface area contributed by atoms with Crippen molar-refractivity contribution in [2.24, 2.45) is 10.9 Å². The Kier molecular flexibility index (Phi) is 5.29. The van der Waals surface area contributed by atoms with Gasteiger partial charge in [-0.2, -0.15) is 0 Å². The number of halogens is 1. The van der Waals surface area contributed by atoms with Gasteiger partial charge in [0, 0.05) is 18.7 Å². The summed E-state index contributed by atoms with van der Waals surface area (Å²) in [5.41, 5.74) is 2.63. The Bertz CT molecular complexity index is 975. The van der Waals surface area contributed by atoms with E-state index >= 15 is 0 Å².